The summed E-state index contributed by atoms with van der Waals surface area (Å²) in [5.41, 5.74) is 3.68. The van der Waals surface area contributed by atoms with Gasteiger partial charge in [-0.15, -0.1) is 0 Å². The fourth-order valence-electron chi connectivity index (χ4n) is 3.24. The lowest BCUT2D eigenvalue weighted by Crippen LogP contribution is -2.27. The Hall–Kier alpha value is -2.56. The molecular formula is C20H26N4O. The van der Waals surface area contributed by atoms with E-state index in [1.165, 1.54) is 5.69 Å². The molecule has 132 valence electrons. The Morgan fingerprint density at radius 2 is 1.76 bits per heavy atom. The summed E-state index contributed by atoms with van der Waals surface area (Å²) in [4.78, 5) is 20.9. The second-order valence-electron chi connectivity index (χ2n) is 6.31. The number of hydrogen-bond donors (Lipinski definition) is 1. The molecule has 2 heterocycles. The fourth-order valence-corrected chi connectivity index (χ4v) is 3.24. The number of aromatic nitrogens is 1. The minimum Gasteiger partial charge on any atom is -0.372 e. The summed E-state index contributed by atoms with van der Waals surface area (Å²) in [5.74, 6) is 0.0746. The number of rotatable bonds is 6. The second kappa shape index (κ2) is 8.01. The number of nitrogens with one attached hydrogen (secondary N) is 1. The van der Waals surface area contributed by atoms with Crippen LogP contribution < -0.4 is 10.2 Å². The van der Waals surface area contributed by atoms with Crippen molar-refractivity contribution in [1.29, 1.82) is 0 Å². The van der Waals surface area contributed by atoms with Crippen molar-refractivity contribution in [2.45, 2.75) is 26.7 Å². The maximum atomic E-state index is 12.5. The smallest absolute Gasteiger partial charge is 0.255 e. The van der Waals surface area contributed by atoms with Crippen LogP contribution in [0.3, 0.4) is 0 Å². The van der Waals surface area contributed by atoms with Gasteiger partial charge in [0.05, 0.1) is 17.4 Å². The van der Waals surface area contributed by atoms with Crippen molar-refractivity contribution in [2.24, 2.45) is 0 Å². The minimum absolute atomic E-state index is 0.0746. The number of anilines is 3. The summed E-state index contributed by atoms with van der Waals surface area (Å²) in [6, 6.07) is 10.2. The lowest BCUT2D eigenvalue weighted by atomic mass is 10.2. The van der Waals surface area contributed by atoms with Gasteiger partial charge in [0.25, 0.3) is 5.91 Å². The van der Waals surface area contributed by atoms with Crippen LogP contribution in [0.4, 0.5) is 17.1 Å². The molecule has 0 unspecified atom stereocenters. The lowest BCUT2D eigenvalue weighted by molar-refractivity contribution is 0.0792. The molecule has 1 aliphatic rings. The summed E-state index contributed by atoms with van der Waals surface area (Å²) in [6.45, 7) is 8.00. The highest BCUT2D eigenvalue weighted by Gasteiger charge is 2.19. The molecule has 0 radical (unpaired) electrons. The number of carbonyl (C=O) groups is 1. The largest absolute Gasteiger partial charge is 0.372 e. The third-order valence-corrected chi connectivity index (χ3v) is 4.66. The van der Waals surface area contributed by atoms with Gasteiger partial charge in [-0.1, -0.05) is 0 Å². The van der Waals surface area contributed by atoms with Crippen LogP contribution >= 0.6 is 0 Å². The first-order chi connectivity index (χ1) is 12.2. The van der Waals surface area contributed by atoms with Crippen molar-refractivity contribution in [2.75, 3.05) is 36.4 Å². The van der Waals surface area contributed by atoms with Gasteiger partial charge >= 0.3 is 0 Å². The van der Waals surface area contributed by atoms with Crippen molar-refractivity contribution < 1.29 is 4.79 Å². The molecule has 1 saturated heterocycles. The van der Waals surface area contributed by atoms with Gasteiger partial charge in [0.1, 0.15) is 0 Å². The predicted molar refractivity (Wildman–Crippen MR) is 103 cm³/mol. The highest BCUT2D eigenvalue weighted by atomic mass is 16.2. The van der Waals surface area contributed by atoms with Crippen molar-refractivity contribution in [1.82, 2.24) is 9.88 Å². The number of nitrogens with zero attached hydrogens (tertiary/aromatic N) is 3. The number of likely N-dealkylation sites (tertiary alicyclic amines) is 1. The molecule has 0 aliphatic carbocycles. The van der Waals surface area contributed by atoms with Gasteiger partial charge in [-0.2, -0.15) is 0 Å². The Labute approximate surface area is 149 Å². The Morgan fingerprint density at radius 3 is 2.40 bits per heavy atom. The standard InChI is InChI=1S/C20H26N4O/c1-3-23(4-2)19-9-7-17(8-10-19)22-18-13-16(14-21-15-18)20(25)24-11-5-6-12-24/h7-10,13-15,22H,3-6,11-12H2,1-2H3. The summed E-state index contributed by atoms with van der Waals surface area (Å²) in [5, 5.41) is 3.34. The Balaban J connectivity index is 1.70. The molecule has 0 bridgehead atoms. The topological polar surface area (TPSA) is 48.5 Å². The molecule has 1 aromatic carbocycles. The lowest BCUT2D eigenvalue weighted by Gasteiger charge is -2.21. The highest BCUT2D eigenvalue weighted by Crippen LogP contribution is 2.22. The van der Waals surface area contributed by atoms with Crippen LogP contribution in [0.25, 0.3) is 0 Å². The van der Waals surface area contributed by atoms with Crippen LogP contribution in [0.1, 0.15) is 37.0 Å². The van der Waals surface area contributed by atoms with Crippen LogP contribution in [0.15, 0.2) is 42.7 Å². The van der Waals surface area contributed by atoms with Crippen LogP contribution in [-0.2, 0) is 0 Å². The van der Waals surface area contributed by atoms with Gasteiger partial charge in [-0.25, -0.2) is 0 Å². The zero-order valence-electron chi connectivity index (χ0n) is 15.0. The summed E-state index contributed by atoms with van der Waals surface area (Å²) < 4.78 is 0. The van der Waals surface area contributed by atoms with Crippen molar-refractivity contribution in [3.8, 4) is 0 Å². The average Bonchev–Trinajstić information content (AvgIpc) is 3.18. The molecule has 0 saturated carbocycles. The van der Waals surface area contributed by atoms with E-state index in [-0.39, 0.29) is 5.91 Å². The molecule has 0 spiro atoms. The highest BCUT2D eigenvalue weighted by molar-refractivity contribution is 5.95. The Morgan fingerprint density at radius 1 is 1.08 bits per heavy atom. The van der Waals surface area contributed by atoms with Crippen LogP contribution in [-0.4, -0.2) is 42.0 Å². The van der Waals surface area contributed by atoms with E-state index in [0.29, 0.717) is 5.56 Å². The third kappa shape index (κ3) is 4.10. The van der Waals surface area contributed by atoms with E-state index in [1.54, 1.807) is 12.4 Å². The van der Waals surface area contributed by atoms with Crippen LogP contribution in [0.2, 0.25) is 0 Å². The van der Waals surface area contributed by atoms with Gasteiger partial charge in [0, 0.05) is 43.8 Å². The van der Waals surface area contributed by atoms with Gasteiger partial charge in [0.2, 0.25) is 0 Å². The molecule has 1 amide bonds. The van der Waals surface area contributed by atoms with E-state index in [4.69, 9.17) is 0 Å². The van der Waals surface area contributed by atoms with Crippen LogP contribution in [0, 0.1) is 0 Å². The molecule has 5 nitrogen and oxygen atoms in total. The predicted octanol–water partition coefficient (Wildman–Crippen LogP) is 3.91. The number of benzene rings is 1. The number of pyridine rings is 1. The average molecular weight is 338 g/mol. The van der Waals surface area contributed by atoms with E-state index in [2.05, 4.69) is 53.3 Å². The first-order valence-corrected chi connectivity index (χ1v) is 9.07. The van der Waals surface area contributed by atoms with E-state index in [9.17, 15) is 4.79 Å². The molecule has 3 rings (SSSR count). The quantitative estimate of drug-likeness (QED) is 0.867. The normalized spacial score (nSPS) is 13.8. The van der Waals surface area contributed by atoms with E-state index < -0.39 is 0 Å². The zero-order valence-corrected chi connectivity index (χ0v) is 15.0. The zero-order chi connectivity index (χ0) is 17.6. The van der Waals surface area contributed by atoms with E-state index >= 15 is 0 Å². The SMILES string of the molecule is CCN(CC)c1ccc(Nc2cncc(C(=O)N3CCCC3)c2)cc1. The summed E-state index contributed by atoms with van der Waals surface area (Å²) in [7, 11) is 0. The van der Waals surface area contributed by atoms with Crippen molar-refractivity contribution in [3.05, 3.63) is 48.3 Å². The van der Waals surface area contributed by atoms with Gasteiger partial charge < -0.3 is 15.1 Å². The van der Waals surface area contributed by atoms with Crippen molar-refractivity contribution in [3.63, 3.8) is 0 Å². The minimum atomic E-state index is 0.0746. The first kappa shape index (κ1) is 17.3. The molecule has 2 aromatic rings. The molecular weight excluding hydrogens is 312 g/mol. The van der Waals surface area contributed by atoms with Crippen molar-refractivity contribution >= 4 is 23.0 Å². The number of amides is 1. The molecule has 5 heteroatoms. The monoisotopic (exact) mass is 338 g/mol. The molecule has 1 aromatic heterocycles. The maximum Gasteiger partial charge on any atom is 0.255 e. The summed E-state index contributed by atoms with van der Waals surface area (Å²) >= 11 is 0. The van der Waals surface area contributed by atoms with Crippen LogP contribution in [0.5, 0.6) is 0 Å². The van der Waals surface area contributed by atoms with Gasteiger partial charge in [-0.3, -0.25) is 9.78 Å². The molecule has 1 aliphatic heterocycles. The molecule has 1 fully saturated rings. The van der Waals surface area contributed by atoms with E-state index in [1.807, 2.05) is 11.0 Å². The van der Waals surface area contributed by atoms with E-state index in [0.717, 1.165) is 50.4 Å². The van der Waals surface area contributed by atoms with Gasteiger partial charge in [0.15, 0.2) is 0 Å². The molecule has 25 heavy (non-hydrogen) atoms. The molecule has 0 atom stereocenters. The molecule has 1 N–H and O–H groups in total. The van der Waals surface area contributed by atoms with Gasteiger partial charge in [-0.05, 0) is 57.0 Å². The number of carbonyl (C=O) groups excluding carboxylic acids is 1. The first-order valence-electron chi connectivity index (χ1n) is 9.07. The third-order valence-electron chi connectivity index (χ3n) is 4.66. The fraction of sp³-hybridized carbons (Fsp3) is 0.400. The number of hydrogen-bond acceptors (Lipinski definition) is 4. The Kier molecular flexibility index (Phi) is 5.53. The maximum absolute atomic E-state index is 12.5. The second-order valence-corrected chi connectivity index (χ2v) is 6.31. The Bertz CT molecular complexity index is 704. The summed E-state index contributed by atoms with van der Waals surface area (Å²) in [6.07, 6.45) is 5.58.